The quantitative estimate of drug-likeness (QED) is 0.218. The molecule has 3 N–H and O–H groups in total. The van der Waals surface area contributed by atoms with Crippen LogP contribution in [0.4, 0.5) is 5.69 Å². The highest BCUT2D eigenvalue weighted by molar-refractivity contribution is 5.96. The number of nitrogens with two attached hydrogens (primary N) is 1. The third-order valence-corrected chi connectivity index (χ3v) is 5.01. The van der Waals surface area contributed by atoms with Crippen molar-refractivity contribution in [3.05, 3.63) is 102 Å². The smallest absolute Gasteiger partial charge is 0.303 e. The van der Waals surface area contributed by atoms with Crippen LogP contribution in [0.5, 0.6) is 0 Å². The number of unbranched alkanes of at least 4 members (excludes halogenated alkanes) is 1. The molecule has 0 aliphatic heterocycles. The number of pyridine rings is 1. The third-order valence-electron chi connectivity index (χ3n) is 5.01. The molecule has 0 spiro atoms. The van der Waals surface area contributed by atoms with Crippen LogP contribution < -0.4 is 10.6 Å². The van der Waals surface area contributed by atoms with Gasteiger partial charge < -0.3 is 15.7 Å². The molecule has 7 nitrogen and oxygen atoms in total. The number of aliphatic imine (C=N–C) groups is 1. The van der Waals surface area contributed by atoms with Gasteiger partial charge in [-0.05, 0) is 47.7 Å². The van der Waals surface area contributed by atoms with Crippen molar-refractivity contribution in [2.45, 2.75) is 25.8 Å². The fourth-order valence-corrected chi connectivity index (χ4v) is 3.45. The Balaban J connectivity index is 1.99. The van der Waals surface area contributed by atoms with E-state index in [4.69, 9.17) is 16.1 Å². The Bertz CT molecular complexity index is 1170. The summed E-state index contributed by atoms with van der Waals surface area (Å²) >= 11 is 0. The van der Waals surface area contributed by atoms with E-state index in [-0.39, 0.29) is 12.4 Å². The molecular formula is C26H25N5O2. The van der Waals surface area contributed by atoms with Gasteiger partial charge in [0, 0.05) is 30.1 Å². The van der Waals surface area contributed by atoms with Crippen molar-refractivity contribution in [3.63, 3.8) is 0 Å². The number of hydrogen-bond donors (Lipinski definition) is 2. The molecule has 0 saturated carbocycles. The number of aliphatic carboxylic acids is 1. The predicted molar refractivity (Wildman–Crippen MR) is 129 cm³/mol. The molecule has 0 radical (unpaired) electrons. The van der Waals surface area contributed by atoms with E-state index >= 15 is 0 Å². The van der Waals surface area contributed by atoms with E-state index in [1.54, 1.807) is 23.5 Å². The topological polar surface area (TPSA) is 116 Å². The Labute approximate surface area is 193 Å². The van der Waals surface area contributed by atoms with Gasteiger partial charge in [0.2, 0.25) is 12.2 Å². The molecule has 7 heteroatoms. The van der Waals surface area contributed by atoms with E-state index in [0.717, 1.165) is 28.0 Å². The van der Waals surface area contributed by atoms with E-state index in [1.165, 1.54) is 0 Å². The van der Waals surface area contributed by atoms with Crippen LogP contribution in [-0.2, 0) is 11.3 Å². The molecule has 166 valence electrons. The zero-order chi connectivity index (χ0) is 23.5. The molecule has 1 aromatic heterocycles. The van der Waals surface area contributed by atoms with Gasteiger partial charge in [0.15, 0.2) is 0 Å². The van der Waals surface area contributed by atoms with Crippen LogP contribution in [0.15, 0.2) is 90.2 Å². The summed E-state index contributed by atoms with van der Waals surface area (Å²) in [5, 5.41) is 18.0. The molecular weight excluding hydrogens is 414 g/mol. The summed E-state index contributed by atoms with van der Waals surface area (Å²) in [5.74, 6) is -0.705. The van der Waals surface area contributed by atoms with Gasteiger partial charge in [-0.1, -0.05) is 54.6 Å². The monoisotopic (exact) mass is 439 g/mol. The fourth-order valence-electron chi connectivity index (χ4n) is 3.45. The minimum atomic E-state index is -0.808. The Hall–Kier alpha value is -4.44. The maximum Gasteiger partial charge on any atom is 0.303 e. The summed E-state index contributed by atoms with van der Waals surface area (Å²) in [4.78, 5) is 20.7. The SMILES string of the molecule is N#CN=C(N)N(Cc1ccccc1)c1cccc(/C(=C\CCCC(=O)O)c2cccnc2)c1. The fraction of sp³-hybridized carbons (Fsp3) is 0.154. The lowest BCUT2D eigenvalue weighted by atomic mass is 9.97. The van der Waals surface area contributed by atoms with Crippen molar-refractivity contribution in [2.75, 3.05) is 4.90 Å². The summed E-state index contributed by atoms with van der Waals surface area (Å²) in [7, 11) is 0. The first-order valence-electron chi connectivity index (χ1n) is 10.5. The van der Waals surface area contributed by atoms with Crippen molar-refractivity contribution in [1.82, 2.24) is 4.98 Å². The van der Waals surface area contributed by atoms with Crippen molar-refractivity contribution in [2.24, 2.45) is 10.7 Å². The Morgan fingerprint density at radius 1 is 1.12 bits per heavy atom. The van der Waals surface area contributed by atoms with Gasteiger partial charge >= 0.3 is 5.97 Å². The highest BCUT2D eigenvalue weighted by atomic mass is 16.4. The van der Waals surface area contributed by atoms with Gasteiger partial charge in [-0.3, -0.25) is 9.78 Å². The number of carboxylic acids is 1. The lowest BCUT2D eigenvalue weighted by Crippen LogP contribution is -2.36. The summed E-state index contributed by atoms with van der Waals surface area (Å²) in [6, 6.07) is 21.4. The number of carbonyl (C=O) groups is 1. The zero-order valence-electron chi connectivity index (χ0n) is 18.1. The normalized spacial score (nSPS) is 11.6. The number of aromatic nitrogens is 1. The second-order valence-electron chi connectivity index (χ2n) is 7.34. The zero-order valence-corrected chi connectivity index (χ0v) is 18.1. The summed E-state index contributed by atoms with van der Waals surface area (Å²) < 4.78 is 0. The van der Waals surface area contributed by atoms with E-state index in [9.17, 15) is 4.79 Å². The van der Waals surface area contributed by atoms with E-state index in [0.29, 0.717) is 19.4 Å². The van der Waals surface area contributed by atoms with Gasteiger partial charge in [-0.2, -0.15) is 5.26 Å². The van der Waals surface area contributed by atoms with Crippen molar-refractivity contribution < 1.29 is 9.90 Å². The molecule has 3 rings (SSSR count). The summed E-state index contributed by atoms with van der Waals surface area (Å²) in [6.45, 7) is 0.450. The molecule has 0 saturated heterocycles. The van der Waals surface area contributed by atoms with Crippen LogP contribution in [0, 0.1) is 11.5 Å². The number of hydrogen-bond acceptors (Lipinski definition) is 4. The van der Waals surface area contributed by atoms with Crippen molar-refractivity contribution >= 4 is 23.2 Å². The minimum absolute atomic E-state index is 0.104. The highest BCUT2D eigenvalue weighted by Gasteiger charge is 2.14. The average molecular weight is 440 g/mol. The van der Waals surface area contributed by atoms with Crippen LogP contribution in [0.2, 0.25) is 0 Å². The number of benzene rings is 2. The molecule has 2 aromatic carbocycles. The second kappa shape index (κ2) is 11.8. The predicted octanol–water partition coefficient (Wildman–Crippen LogP) is 4.57. The Morgan fingerprint density at radius 2 is 1.91 bits per heavy atom. The van der Waals surface area contributed by atoms with Crippen LogP contribution in [0.3, 0.4) is 0 Å². The van der Waals surface area contributed by atoms with Gasteiger partial charge in [-0.15, -0.1) is 4.99 Å². The molecule has 1 heterocycles. The molecule has 0 atom stereocenters. The van der Waals surface area contributed by atoms with E-state index < -0.39 is 5.97 Å². The molecule has 33 heavy (non-hydrogen) atoms. The van der Waals surface area contributed by atoms with Crippen molar-refractivity contribution in [1.29, 1.82) is 5.26 Å². The lowest BCUT2D eigenvalue weighted by Gasteiger charge is -2.24. The Morgan fingerprint density at radius 3 is 2.61 bits per heavy atom. The van der Waals surface area contributed by atoms with E-state index in [2.05, 4.69) is 9.98 Å². The van der Waals surface area contributed by atoms with Gasteiger partial charge in [0.05, 0.1) is 6.54 Å². The number of allylic oxidation sites excluding steroid dienone is 1. The number of nitriles is 1. The molecule has 0 unspecified atom stereocenters. The second-order valence-corrected chi connectivity index (χ2v) is 7.34. The number of rotatable bonds is 9. The summed E-state index contributed by atoms with van der Waals surface area (Å²) in [5.41, 5.74) is 10.8. The van der Waals surface area contributed by atoms with Crippen LogP contribution >= 0.6 is 0 Å². The largest absolute Gasteiger partial charge is 0.481 e. The lowest BCUT2D eigenvalue weighted by molar-refractivity contribution is -0.137. The standard InChI is InChI=1S/C26H25N5O2/c27-19-30-26(28)31(18-20-8-2-1-3-9-20)23-12-6-10-21(16-23)24(13-4-5-14-25(32)33)22-11-7-15-29-17-22/h1-3,6-13,15-17H,4-5,14,18H2,(H2,28,30)(H,32,33)/b24-13+. The maximum absolute atomic E-state index is 10.9. The van der Waals surface area contributed by atoms with Crippen LogP contribution in [0.25, 0.3) is 5.57 Å². The Kier molecular flexibility index (Phi) is 8.32. The van der Waals surface area contributed by atoms with Crippen molar-refractivity contribution in [3.8, 4) is 6.19 Å². The summed E-state index contributed by atoms with van der Waals surface area (Å²) in [6.07, 6.45) is 8.56. The number of carboxylic acid groups (broad SMARTS) is 1. The molecule has 0 aliphatic carbocycles. The molecule has 0 aliphatic rings. The molecule has 0 amide bonds. The van der Waals surface area contributed by atoms with E-state index in [1.807, 2.05) is 72.8 Å². The molecule has 0 bridgehead atoms. The minimum Gasteiger partial charge on any atom is -0.481 e. The first kappa shape index (κ1) is 23.2. The van der Waals surface area contributed by atoms with Gasteiger partial charge in [0.1, 0.15) is 0 Å². The maximum atomic E-state index is 10.9. The first-order valence-corrected chi connectivity index (χ1v) is 10.5. The highest BCUT2D eigenvalue weighted by Crippen LogP contribution is 2.28. The molecule has 3 aromatic rings. The molecule has 0 fully saturated rings. The first-order chi connectivity index (χ1) is 16.1. The number of anilines is 1. The number of nitrogens with zero attached hydrogens (tertiary/aromatic N) is 4. The van der Waals surface area contributed by atoms with Gasteiger partial charge in [-0.25, -0.2) is 0 Å². The van der Waals surface area contributed by atoms with Gasteiger partial charge in [0.25, 0.3) is 0 Å². The average Bonchev–Trinajstić information content (AvgIpc) is 2.84. The third kappa shape index (κ3) is 6.77. The van der Waals surface area contributed by atoms with Crippen LogP contribution in [-0.4, -0.2) is 22.0 Å². The van der Waals surface area contributed by atoms with Crippen LogP contribution in [0.1, 0.15) is 36.0 Å². The number of guanidine groups is 1.